The first-order valence-electron chi connectivity index (χ1n) is 10.6. The minimum Gasteiger partial charge on any atom is -0.481 e. The summed E-state index contributed by atoms with van der Waals surface area (Å²) in [6.07, 6.45) is 8.68. The Hall–Kier alpha value is -3.49. The fourth-order valence-corrected chi connectivity index (χ4v) is 5.50. The van der Waals surface area contributed by atoms with Gasteiger partial charge >= 0.3 is 5.97 Å². The first-order valence-corrected chi connectivity index (χ1v) is 10.6. The van der Waals surface area contributed by atoms with Gasteiger partial charge in [0.2, 0.25) is 0 Å². The van der Waals surface area contributed by atoms with Crippen LogP contribution < -0.4 is 5.32 Å². The summed E-state index contributed by atoms with van der Waals surface area (Å²) in [5.41, 5.74) is 1.83. The minimum atomic E-state index is -0.746. The molecule has 4 N–H and O–H groups in total. The van der Waals surface area contributed by atoms with Gasteiger partial charge < -0.3 is 20.4 Å². The molecule has 2 atom stereocenters. The van der Waals surface area contributed by atoms with E-state index in [-0.39, 0.29) is 12.0 Å². The number of nitrogens with zero attached hydrogens (tertiary/aromatic N) is 3. The Bertz CT molecular complexity index is 1310. The Balaban J connectivity index is 1.46. The fraction of sp³-hybridized carbons (Fsp3) is 0.364. The number of fused-ring (bicyclic) bond motifs is 5. The van der Waals surface area contributed by atoms with Crippen molar-refractivity contribution in [3.05, 3.63) is 36.5 Å². The van der Waals surface area contributed by atoms with E-state index in [4.69, 9.17) is 4.98 Å². The van der Waals surface area contributed by atoms with Crippen molar-refractivity contribution < 1.29 is 14.3 Å². The molecule has 9 heteroatoms. The van der Waals surface area contributed by atoms with Crippen molar-refractivity contribution >= 4 is 33.9 Å². The van der Waals surface area contributed by atoms with E-state index in [1.54, 1.807) is 12.4 Å². The van der Waals surface area contributed by atoms with Crippen molar-refractivity contribution in [3.63, 3.8) is 0 Å². The van der Waals surface area contributed by atoms with Gasteiger partial charge in [0.05, 0.1) is 17.5 Å². The third kappa shape index (κ3) is 2.87. The molecule has 158 valence electrons. The number of anilines is 1. The highest BCUT2D eigenvalue weighted by atomic mass is 19.1. The van der Waals surface area contributed by atoms with Gasteiger partial charge in [-0.15, -0.1) is 0 Å². The number of rotatable bonds is 4. The number of aromatic amines is 2. The molecule has 3 aliphatic rings. The van der Waals surface area contributed by atoms with Crippen LogP contribution in [0.1, 0.15) is 25.7 Å². The third-order valence-electron chi connectivity index (χ3n) is 6.96. The second-order valence-corrected chi connectivity index (χ2v) is 8.60. The molecule has 2 bridgehead atoms. The maximum atomic E-state index is 13.8. The van der Waals surface area contributed by atoms with Gasteiger partial charge in [-0.2, -0.15) is 0 Å². The van der Waals surface area contributed by atoms with E-state index < -0.39 is 17.7 Å². The average Bonchev–Trinajstić information content (AvgIpc) is 3.41. The number of carboxylic acid groups (broad SMARTS) is 1. The van der Waals surface area contributed by atoms with Crippen molar-refractivity contribution in [2.24, 2.45) is 17.8 Å². The van der Waals surface area contributed by atoms with Crippen LogP contribution >= 0.6 is 0 Å². The molecule has 8 nitrogen and oxygen atoms in total. The van der Waals surface area contributed by atoms with Gasteiger partial charge in [-0.1, -0.05) is 0 Å². The van der Waals surface area contributed by atoms with Crippen LogP contribution in [0.4, 0.5) is 10.2 Å². The molecule has 4 heterocycles. The molecule has 3 fully saturated rings. The Morgan fingerprint density at radius 3 is 2.71 bits per heavy atom. The predicted octanol–water partition coefficient (Wildman–Crippen LogP) is 3.94. The van der Waals surface area contributed by atoms with E-state index in [2.05, 4.69) is 25.3 Å². The van der Waals surface area contributed by atoms with E-state index >= 15 is 0 Å². The SMILES string of the molecule is O=C(O)C1C2CCC(CC2)C1Nc1nc(-c2c[nH]c3ncc(F)cc23)nc2[nH]ccc12. The highest BCUT2D eigenvalue weighted by Crippen LogP contribution is 2.46. The number of hydrogen-bond acceptors (Lipinski definition) is 5. The molecule has 3 saturated carbocycles. The van der Waals surface area contributed by atoms with Gasteiger partial charge in [0, 0.05) is 29.4 Å². The third-order valence-corrected chi connectivity index (χ3v) is 6.96. The Morgan fingerprint density at radius 1 is 1.10 bits per heavy atom. The predicted molar refractivity (Wildman–Crippen MR) is 113 cm³/mol. The van der Waals surface area contributed by atoms with Crippen molar-refractivity contribution in [1.82, 2.24) is 24.9 Å². The summed E-state index contributed by atoms with van der Waals surface area (Å²) >= 11 is 0. The summed E-state index contributed by atoms with van der Waals surface area (Å²) in [6.45, 7) is 0. The lowest BCUT2D eigenvalue weighted by atomic mass is 9.61. The van der Waals surface area contributed by atoms with Crippen LogP contribution in [0.2, 0.25) is 0 Å². The summed E-state index contributed by atoms with van der Waals surface area (Å²) in [5.74, 6) is -0.0746. The number of nitrogens with one attached hydrogen (secondary N) is 3. The molecular formula is C22H21FN6O2. The first kappa shape index (κ1) is 18.3. The fourth-order valence-electron chi connectivity index (χ4n) is 5.50. The van der Waals surface area contributed by atoms with Gasteiger partial charge in [0.15, 0.2) is 5.82 Å². The molecule has 0 aromatic carbocycles. The molecule has 0 radical (unpaired) electrons. The monoisotopic (exact) mass is 420 g/mol. The Labute approximate surface area is 176 Å². The molecule has 4 aromatic heterocycles. The number of carboxylic acids is 1. The van der Waals surface area contributed by atoms with Crippen LogP contribution in [0.15, 0.2) is 30.7 Å². The lowest BCUT2D eigenvalue weighted by Gasteiger charge is -2.47. The van der Waals surface area contributed by atoms with Gasteiger partial charge in [-0.05, 0) is 49.7 Å². The maximum Gasteiger partial charge on any atom is 0.308 e. The zero-order chi connectivity index (χ0) is 21.1. The van der Waals surface area contributed by atoms with Crippen LogP contribution in [-0.4, -0.2) is 42.0 Å². The van der Waals surface area contributed by atoms with Crippen molar-refractivity contribution in [3.8, 4) is 11.4 Å². The molecule has 0 amide bonds. The first-order chi connectivity index (χ1) is 15.1. The molecule has 31 heavy (non-hydrogen) atoms. The second kappa shape index (κ2) is 6.76. The van der Waals surface area contributed by atoms with Crippen LogP contribution in [0.25, 0.3) is 33.5 Å². The lowest BCUT2D eigenvalue weighted by molar-refractivity contribution is -0.148. The normalized spacial score (nSPS) is 25.3. The Morgan fingerprint density at radius 2 is 1.90 bits per heavy atom. The maximum absolute atomic E-state index is 13.8. The molecule has 3 aliphatic carbocycles. The largest absolute Gasteiger partial charge is 0.481 e. The zero-order valence-corrected chi connectivity index (χ0v) is 16.6. The quantitative estimate of drug-likeness (QED) is 0.397. The summed E-state index contributed by atoms with van der Waals surface area (Å²) in [4.78, 5) is 31.7. The molecular weight excluding hydrogens is 399 g/mol. The summed E-state index contributed by atoms with van der Waals surface area (Å²) in [6, 6.07) is 3.12. The Kier molecular flexibility index (Phi) is 3.99. The van der Waals surface area contributed by atoms with E-state index in [1.165, 1.54) is 6.07 Å². The average molecular weight is 420 g/mol. The lowest BCUT2D eigenvalue weighted by Crippen LogP contribution is -2.51. The van der Waals surface area contributed by atoms with Crippen LogP contribution in [0.3, 0.4) is 0 Å². The molecule has 2 unspecified atom stereocenters. The number of carbonyl (C=O) groups is 1. The summed E-state index contributed by atoms with van der Waals surface area (Å²) < 4.78 is 13.8. The number of aliphatic carboxylic acids is 1. The highest BCUT2D eigenvalue weighted by molar-refractivity contribution is 5.95. The molecule has 0 aliphatic heterocycles. The van der Waals surface area contributed by atoms with Gasteiger partial charge in [-0.3, -0.25) is 4.79 Å². The number of halogens is 1. The van der Waals surface area contributed by atoms with Crippen LogP contribution in [-0.2, 0) is 4.79 Å². The van der Waals surface area contributed by atoms with E-state index in [0.29, 0.717) is 39.8 Å². The van der Waals surface area contributed by atoms with Gasteiger partial charge in [0.25, 0.3) is 0 Å². The molecule has 4 aromatic rings. The van der Waals surface area contributed by atoms with Gasteiger partial charge in [0.1, 0.15) is 22.9 Å². The summed E-state index contributed by atoms with van der Waals surface area (Å²) in [5, 5.41) is 14.8. The van der Waals surface area contributed by atoms with Crippen LogP contribution in [0.5, 0.6) is 0 Å². The zero-order valence-electron chi connectivity index (χ0n) is 16.6. The van der Waals surface area contributed by atoms with E-state index in [1.807, 2.05) is 6.07 Å². The van der Waals surface area contributed by atoms with Crippen LogP contribution in [0, 0.1) is 23.6 Å². The topological polar surface area (TPSA) is 120 Å². The van der Waals surface area contributed by atoms with Crippen molar-refractivity contribution in [2.45, 2.75) is 31.7 Å². The summed E-state index contributed by atoms with van der Waals surface area (Å²) in [7, 11) is 0. The number of pyridine rings is 1. The molecule has 0 saturated heterocycles. The number of hydrogen-bond donors (Lipinski definition) is 4. The number of aromatic nitrogens is 5. The standard InChI is InChI=1S/C22H21FN6O2/c23-12-7-14-15(9-26-18(14)25-8-12)21-28-19-13(5-6-24-19)20(29-21)27-17-11-3-1-10(2-4-11)16(17)22(30)31/h5-11,16-17H,1-4H2,(H,25,26)(H,30,31)(H2,24,27,28,29). The van der Waals surface area contributed by atoms with Gasteiger partial charge in [-0.25, -0.2) is 19.3 Å². The van der Waals surface area contributed by atoms with E-state index in [0.717, 1.165) is 37.3 Å². The number of H-pyrrole nitrogens is 2. The second-order valence-electron chi connectivity index (χ2n) is 8.60. The van der Waals surface area contributed by atoms with Crippen molar-refractivity contribution in [1.29, 1.82) is 0 Å². The van der Waals surface area contributed by atoms with E-state index in [9.17, 15) is 14.3 Å². The smallest absolute Gasteiger partial charge is 0.308 e. The minimum absolute atomic E-state index is 0.173. The molecule has 7 rings (SSSR count). The van der Waals surface area contributed by atoms with Crippen molar-refractivity contribution in [2.75, 3.05) is 5.32 Å². The molecule has 0 spiro atoms. The highest BCUT2D eigenvalue weighted by Gasteiger charge is 2.47.